The molecule has 3 nitrogen and oxygen atoms in total. The number of benzene rings is 1. The van der Waals surface area contributed by atoms with Crippen LogP contribution in [0.15, 0.2) is 30.3 Å². The molecule has 1 heterocycles. The van der Waals surface area contributed by atoms with Gasteiger partial charge < -0.3 is 10.2 Å². The molecule has 2 rings (SSSR count). The lowest BCUT2D eigenvalue weighted by Crippen LogP contribution is -2.52. The van der Waals surface area contributed by atoms with Gasteiger partial charge in [-0.1, -0.05) is 37.3 Å². The lowest BCUT2D eigenvalue weighted by atomic mass is 9.80. The highest BCUT2D eigenvalue weighted by atomic mass is 16.2. The lowest BCUT2D eigenvalue weighted by Gasteiger charge is -2.45. The Morgan fingerprint density at radius 2 is 1.89 bits per heavy atom. The van der Waals surface area contributed by atoms with Crippen LogP contribution in [0.3, 0.4) is 0 Å². The van der Waals surface area contributed by atoms with Crippen LogP contribution in [0.4, 0.5) is 0 Å². The van der Waals surface area contributed by atoms with Gasteiger partial charge in [0.05, 0.1) is 5.54 Å². The van der Waals surface area contributed by atoms with Gasteiger partial charge in [-0.25, -0.2) is 0 Å². The largest absolute Gasteiger partial charge is 0.336 e. The van der Waals surface area contributed by atoms with E-state index in [1.54, 1.807) is 0 Å². The van der Waals surface area contributed by atoms with Gasteiger partial charge in [-0.3, -0.25) is 4.79 Å². The molecule has 1 aromatic carbocycles. The first-order valence-electron chi connectivity index (χ1n) is 6.73. The van der Waals surface area contributed by atoms with Crippen molar-refractivity contribution in [1.29, 1.82) is 0 Å². The fraction of sp³-hybridized carbons (Fsp3) is 0.533. The third-order valence-corrected chi connectivity index (χ3v) is 4.06. The predicted molar refractivity (Wildman–Crippen MR) is 73.3 cm³/mol. The van der Waals surface area contributed by atoms with Crippen LogP contribution in [0.2, 0.25) is 0 Å². The Morgan fingerprint density at radius 3 is 2.44 bits per heavy atom. The molecule has 0 spiro atoms. The molecule has 0 saturated carbocycles. The normalized spacial score (nSPS) is 18.3. The molecule has 1 aliphatic heterocycles. The summed E-state index contributed by atoms with van der Waals surface area (Å²) >= 11 is 0. The molecule has 0 radical (unpaired) electrons. The van der Waals surface area contributed by atoms with Crippen molar-refractivity contribution in [3.8, 4) is 0 Å². The molecular weight excluding hydrogens is 224 g/mol. The van der Waals surface area contributed by atoms with E-state index >= 15 is 0 Å². The maximum absolute atomic E-state index is 12.1. The van der Waals surface area contributed by atoms with Crippen molar-refractivity contribution in [2.24, 2.45) is 0 Å². The van der Waals surface area contributed by atoms with Crippen LogP contribution >= 0.6 is 0 Å². The number of amides is 1. The fourth-order valence-electron chi connectivity index (χ4n) is 2.88. The van der Waals surface area contributed by atoms with Crippen LogP contribution in [-0.4, -0.2) is 30.9 Å². The van der Waals surface area contributed by atoms with Crippen LogP contribution in [0, 0.1) is 0 Å². The summed E-state index contributed by atoms with van der Waals surface area (Å²) in [6.45, 7) is 3.87. The van der Waals surface area contributed by atoms with Gasteiger partial charge in [0.1, 0.15) is 0 Å². The number of rotatable bonds is 3. The maximum Gasteiger partial charge on any atom is 0.222 e. The number of hydrogen-bond donors (Lipinski definition) is 1. The standard InChI is InChI=1S/C15H22N2O/c1-3-14(18)17(2)15(9-11-16-12-10-15)13-7-5-4-6-8-13/h4-8,16H,3,9-12H2,1-2H3. The first-order valence-corrected chi connectivity index (χ1v) is 6.73. The summed E-state index contributed by atoms with van der Waals surface area (Å²) in [5.41, 5.74) is 1.13. The molecule has 1 amide bonds. The van der Waals surface area contributed by atoms with Crippen molar-refractivity contribution in [2.75, 3.05) is 20.1 Å². The van der Waals surface area contributed by atoms with E-state index in [0.717, 1.165) is 25.9 Å². The maximum atomic E-state index is 12.1. The smallest absolute Gasteiger partial charge is 0.222 e. The first-order chi connectivity index (χ1) is 8.70. The number of piperidine rings is 1. The Bertz CT molecular complexity index is 396. The van der Waals surface area contributed by atoms with Crippen molar-refractivity contribution < 1.29 is 4.79 Å². The van der Waals surface area contributed by atoms with Crippen LogP contribution in [0.1, 0.15) is 31.7 Å². The van der Waals surface area contributed by atoms with Crippen LogP contribution in [0.25, 0.3) is 0 Å². The van der Waals surface area contributed by atoms with Crippen molar-refractivity contribution in [3.05, 3.63) is 35.9 Å². The van der Waals surface area contributed by atoms with Crippen LogP contribution in [0.5, 0.6) is 0 Å². The summed E-state index contributed by atoms with van der Waals surface area (Å²) in [4.78, 5) is 14.1. The monoisotopic (exact) mass is 246 g/mol. The Balaban J connectivity index is 2.37. The van der Waals surface area contributed by atoms with Crippen LogP contribution < -0.4 is 5.32 Å². The minimum Gasteiger partial charge on any atom is -0.336 e. The highest BCUT2D eigenvalue weighted by molar-refractivity contribution is 5.76. The average Bonchev–Trinajstić information content (AvgIpc) is 2.47. The van der Waals surface area contributed by atoms with Gasteiger partial charge in [-0.2, -0.15) is 0 Å². The molecule has 1 saturated heterocycles. The Labute approximate surface area is 109 Å². The molecule has 98 valence electrons. The second kappa shape index (κ2) is 5.53. The van der Waals surface area contributed by atoms with Crippen molar-refractivity contribution in [1.82, 2.24) is 10.2 Å². The second-order valence-corrected chi connectivity index (χ2v) is 4.95. The first kappa shape index (κ1) is 13.1. The third-order valence-electron chi connectivity index (χ3n) is 4.06. The molecule has 18 heavy (non-hydrogen) atoms. The number of nitrogens with one attached hydrogen (secondary N) is 1. The van der Waals surface area contributed by atoms with E-state index in [4.69, 9.17) is 0 Å². The SMILES string of the molecule is CCC(=O)N(C)C1(c2ccccc2)CCNCC1. The van der Waals surface area contributed by atoms with Gasteiger partial charge in [0.25, 0.3) is 0 Å². The van der Waals surface area contributed by atoms with Crippen molar-refractivity contribution in [2.45, 2.75) is 31.7 Å². The summed E-state index contributed by atoms with van der Waals surface area (Å²) < 4.78 is 0. The quantitative estimate of drug-likeness (QED) is 0.886. The zero-order valence-electron chi connectivity index (χ0n) is 11.3. The molecular formula is C15H22N2O. The summed E-state index contributed by atoms with van der Waals surface area (Å²) in [7, 11) is 1.95. The zero-order chi connectivity index (χ0) is 13.0. The van der Waals surface area contributed by atoms with Gasteiger partial charge in [0.2, 0.25) is 5.91 Å². The molecule has 1 aliphatic rings. The van der Waals surface area contributed by atoms with Gasteiger partial charge in [0, 0.05) is 13.5 Å². The minimum atomic E-state index is -0.125. The molecule has 0 atom stereocenters. The molecule has 1 aromatic rings. The molecule has 0 unspecified atom stereocenters. The molecule has 0 aliphatic carbocycles. The topological polar surface area (TPSA) is 32.3 Å². The third kappa shape index (κ3) is 2.27. The summed E-state index contributed by atoms with van der Waals surface area (Å²) in [6.07, 6.45) is 2.54. The van der Waals surface area contributed by atoms with Gasteiger partial charge in [-0.15, -0.1) is 0 Å². The second-order valence-electron chi connectivity index (χ2n) is 4.95. The van der Waals surface area contributed by atoms with E-state index in [2.05, 4.69) is 29.6 Å². The highest BCUT2D eigenvalue weighted by Gasteiger charge is 2.39. The van der Waals surface area contributed by atoms with E-state index in [0.29, 0.717) is 6.42 Å². The highest BCUT2D eigenvalue weighted by Crippen LogP contribution is 2.36. The van der Waals surface area contributed by atoms with Gasteiger partial charge >= 0.3 is 0 Å². The molecule has 0 aromatic heterocycles. The molecule has 0 bridgehead atoms. The Hall–Kier alpha value is -1.35. The van der Waals surface area contributed by atoms with E-state index in [-0.39, 0.29) is 11.4 Å². The zero-order valence-corrected chi connectivity index (χ0v) is 11.3. The number of hydrogen-bond acceptors (Lipinski definition) is 2. The number of nitrogens with zero attached hydrogens (tertiary/aromatic N) is 1. The Morgan fingerprint density at radius 1 is 1.28 bits per heavy atom. The summed E-state index contributed by atoms with van der Waals surface area (Å²) in [5, 5.41) is 3.38. The Kier molecular flexibility index (Phi) is 4.02. The fourth-order valence-corrected chi connectivity index (χ4v) is 2.88. The van der Waals surface area contributed by atoms with E-state index in [9.17, 15) is 4.79 Å². The molecule has 3 heteroatoms. The van der Waals surface area contributed by atoms with E-state index in [1.807, 2.05) is 24.9 Å². The van der Waals surface area contributed by atoms with Crippen molar-refractivity contribution >= 4 is 5.91 Å². The van der Waals surface area contributed by atoms with E-state index < -0.39 is 0 Å². The predicted octanol–water partition coefficient (Wildman–Crippen LogP) is 2.13. The van der Waals surface area contributed by atoms with Crippen LogP contribution in [-0.2, 0) is 10.3 Å². The summed E-state index contributed by atoms with van der Waals surface area (Å²) in [5.74, 6) is 0.223. The molecule has 1 fully saturated rings. The van der Waals surface area contributed by atoms with E-state index in [1.165, 1.54) is 5.56 Å². The average molecular weight is 246 g/mol. The number of carbonyl (C=O) groups is 1. The van der Waals surface area contributed by atoms with Crippen molar-refractivity contribution in [3.63, 3.8) is 0 Å². The van der Waals surface area contributed by atoms with Gasteiger partial charge in [0.15, 0.2) is 0 Å². The summed E-state index contributed by atoms with van der Waals surface area (Å²) in [6, 6.07) is 10.4. The van der Waals surface area contributed by atoms with Gasteiger partial charge in [-0.05, 0) is 31.5 Å². The lowest BCUT2D eigenvalue weighted by molar-refractivity contribution is -0.137. The minimum absolute atomic E-state index is 0.125. The number of carbonyl (C=O) groups excluding carboxylic acids is 1. The molecule has 1 N–H and O–H groups in total.